The Morgan fingerprint density at radius 3 is 1.87 bits per heavy atom. The van der Waals surface area contributed by atoms with Gasteiger partial charge in [0.05, 0.1) is 6.61 Å². The fourth-order valence-corrected chi connectivity index (χ4v) is 1.57. The van der Waals surface area contributed by atoms with Crippen LogP contribution in [0.4, 0.5) is 0 Å². The SMILES string of the molecule is CCCCCCOCCCCCCC[O]. The van der Waals surface area contributed by atoms with Gasteiger partial charge in [0.15, 0.2) is 0 Å². The van der Waals surface area contributed by atoms with Gasteiger partial charge in [-0.3, -0.25) is 0 Å². The van der Waals surface area contributed by atoms with Crippen LogP contribution in [-0.2, 0) is 9.84 Å². The van der Waals surface area contributed by atoms with E-state index in [2.05, 4.69) is 6.92 Å². The van der Waals surface area contributed by atoms with Crippen LogP contribution in [-0.4, -0.2) is 19.8 Å². The second kappa shape index (κ2) is 13.9. The highest BCUT2D eigenvalue weighted by Gasteiger charge is 1.92. The molecule has 2 heteroatoms. The normalized spacial score (nSPS) is 10.8. The lowest BCUT2D eigenvalue weighted by atomic mass is 10.1. The van der Waals surface area contributed by atoms with E-state index < -0.39 is 0 Å². The van der Waals surface area contributed by atoms with Crippen molar-refractivity contribution in [1.29, 1.82) is 0 Å². The number of unbranched alkanes of at least 4 members (excludes halogenated alkanes) is 7. The smallest absolute Gasteiger partial charge is 0.0822 e. The molecule has 0 saturated carbocycles. The minimum absolute atomic E-state index is 0.0912. The number of hydrogen-bond acceptors (Lipinski definition) is 1. The highest BCUT2D eigenvalue weighted by Crippen LogP contribution is 2.03. The molecular formula is C13H27O2. The van der Waals surface area contributed by atoms with Gasteiger partial charge < -0.3 is 4.74 Å². The maximum absolute atomic E-state index is 10.2. The lowest BCUT2D eigenvalue weighted by molar-refractivity contribution is 0.125. The molecule has 0 heterocycles. The van der Waals surface area contributed by atoms with Crippen molar-refractivity contribution in [3.63, 3.8) is 0 Å². The summed E-state index contributed by atoms with van der Waals surface area (Å²) in [6.45, 7) is 4.15. The van der Waals surface area contributed by atoms with E-state index in [4.69, 9.17) is 4.74 Å². The van der Waals surface area contributed by atoms with Gasteiger partial charge in [-0.25, -0.2) is 5.11 Å². The van der Waals surface area contributed by atoms with Crippen molar-refractivity contribution >= 4 is 0 Å². The summed E-state index contributed by atoms with van der Waals surface area (Å²) >= 11 is 0. The highest BCUT2D eigenvalue weighted by atomic mass is 16.5. The summed E-state index contributed by atoms with van der Waals surface area (Å²) < 4.78 is 5.53. The van der Waals surface area contributed by atoms with Crippen molar-refractivity contribution in [3.05, 3.63) is 0 Å². The Hall–Kier alpha value is -0.0800. The van der Waals surface area contributed by atoms with Crippen LogP contribution in [0, 0.1) is 0 Å². The second-order valence-electron chi connectivity index (χ2n) is 4.14. The Labute approximate surface area is 95.0 Å². The molecule has 2 nitrogen and oxygen atoms in total. The predicted octanol–water partition coefficient (Wildman–Crippen LogP) is 3.96. The molecule has 0 aliphatic rings. The van der Waals surface area contributed by atoms with Gasteiger partial charge in [-0.15, -0.1) is 0 Å². The fourth-order valence-electron chi connectivity index (χ4n) is 1.57. The van der Waals surface area contributed by atoms with Crippen molar-refractivity contribution < 1.29 is 9.84 Å². The average molecular weight is 215 g/mol. The number of ether oxygens (including phenoxy) is 1. The van der Waals surface area contributed by atoms with E-state index in [9.17, 15) is 5.11 Å². The molecule has 0 amide bonds. The van der Waals surface area contributed by atoms with Crippen LogP contribution in [0.25, 0.3) is 0 Å². The van der Waals surface area contributed by atoms with E-state index in [-0.39, 0.29) is 6.61 Å². The quantitative estimate of drug-likeness (QED) is 0.453. The van der Waals surface area contributed by atoms with Crippen LogP contribution in [0.5, 0.6) is 0 Å². The Morgan fingerprint density at radius 1 is 0.733 bits per heavy atom. The number of rotatable bonds is 12. The molecule has 0 rings (SSSR count). The van der Waals surface area contributed by atoms with E-state index in [1.807, 2.05) is 0 Å². The van der Waals surface area contributed by atoms with Gasteiger partial charge in [0.1, 0.15) is 0 Å². The molecule has 0 spiro atoms. The Morgan fingerprint density at radius 2 is 1.27 bits per heavy atom. The molecular weight excluding hydrogens is 188 g/mol. The zero-order valence-electron chi connectivity index (χ0n) is 10.3. The molecule has 0 atom stereocenters. The van der Waals surface area contributed by atoms with Crippen molar-refractivity contribution in [3.8, 4) is 0 Å². The maximum Gasteiger partial charge on any atom is 0.0822 e. The van der Waals surface area contributed by atoms with E-state index in [1.54, 1.807) is 0 Å². The summed E-state index contributed by atoms with van der Waals surface area (Å²) in [6, 6.07) is 0. The molecule has 1 radical (unpaired) electrons. The largest absolute Gasteiger partial charge is 0.381 e. The lowest BCUT2D eigenvalue weighted by Gasteiger charge is -2.03. The van der Waals surface area contributed by atoms with Gasteiger partial charge in [0.25, 0.3) is 0 Å². The third-order valence-electron chi connectivity index (χ3n) is 2.58. The standard InChI is InChI=1S/C13H27O2/c1-2-3-4-9-12-15-13-10-7-5-6-8-11-14/h2-13H2,1H3. The molecule has 0 aliphatic heterocycles. The topological polar surface area (TPSA) is 29.1 Å². The lowest BCUT2D eigenvalue weighted by Crippen LogP contribution is -1.97. The van der Waals surface area contributed by atoms with Gasteiger partial charge in [0.2, 0.25) is 0 Å². The second-order valence-corrected chi connectivity index (χ2v) is 4.14. The first kappa shape index (κ1) is 14.9. The summed E-state index contributed by atoms with van der Waals surface area (Å²) in [4.78, 5) is 0. The monoisotopic (exact) mass is 215 g/mol. The summed E-state index contributed by atoms with van der Waals surface area (Å²) in [5.74, 6) is 0. The molecule has 0 N–H and O–H groups in total. The van der Waals surface area contributed by atoms with E-state index >= 15 is 0 Å². The van der Waals surface area contributed by atoms with Gasteiger partial charge in [-0.2, -0.15) is 0 Å². The van der Waals surface area contributed by atoms with Crippen LogP contribution < -0.4 is 0 Å². The minimum Gasteiger partial charge on any atom is -0.381 e. The van der Waals surface area contributed by atoms with Crippen LogP contribution >= 0.6 is 0 Å². The summed E-state index contributed by atoms with van der Waals surface area (Å²) in [5, 5.41) is 10.2. The maximum atomic E-state index is 10.2. The molecule has 91 valence electrons. The molecule has 0 aromatic heterocycles. The minimum atomic E-state index is 0.0912. The highest BCUT2D eigenvalue weighted by molar-refractivity contribution is 4.44. The predicted molar refractivity (Wildman–Crippen MR) is 63.6 cm³/mol. The molecule has 0 aliphatic carbocycles. The first-order chi connectivity index (χ1) is 7.41. The van der Waals surface area contributed by atoms with E-state index in [0.717, 1.165) is 32.5 Å². The molecule has 0 fully saturated rings. The Balaban J connectivity index is 2.81. The first-order valence-electron chi connectivity index (χ1n) is 6.57. The van der Waals surface area contributed by atoms with Crippen LogP contribution in [0.2, 0.25) is 0 Å². The average Bonchev–Trinajstić information content (AvgIpc) is 2.26. The summed E-state index contributed by atoms with van der Waals surface area (Å²) in [6.07, 6.45) is 10.7. The van der Waals surface area contributed by atoms with Crippen LogP contribution in [0.15, 0.2) is 0 Å². The Bertz CT molecular complexity index is 92.7. The molecule has 0 aromatic carbocycles. The fraction of sp³-hybridized carbons (Fsp3) is 1.00. The van der Waals surface area contributed by atoms with Gasteiger partial charge >= 0.3 is 0 Å². The molecule has 0 aromatic rings. The van der Waals surface area contributed by atoms with Gasteiger partial charge in [-0.05, 0) is 19.3 Å². The summed E-state index contributed by atoms with van der Waals surface area (Å²) in [7, 11) is 0. The molecule has 15 heavy (non-hydrogen) atoms. The first-order valence-corrected chi connectivity index (χ1v) is 6.57. The molecule has 0 saturated heterocycles. The van der Waals surface area contributed by atoms with Crippen molar-refractivity contribution in [2.45, 2.75) is 64.7 Å². The van der Waals surface area contributed by atoms with Crippen LogP contribution in [0.3, 0.4) is 0 Å². The zero-order valence-corrected chi connectivity index (χ0v) is 10.3. The molecule has 0 bridgehead atoms. The van der Waals surface area contributed by atoms with E-state index in [1.165, 1.54) is 38.5 Å². The third-order valence-corrected chi connectivity index (χ3v) is 2.58. The Kier molecular flexibility index (Phi) is 13.8. The zero-order chi connectivity index (χ0) is 11.2. The van der Waals surface area contributed by atoms with Gasteiger partial charge in [-0.1, -0.05) is 45.4 Å². The van der Waals surface area contributed by atoms with Crippen LogP contribution in [0.1, 0.15) is 64.7 Å². The van der Waals surface area contributed by atoms with Crippen molar-refractivity contribution in [1.82, 2.24) is 0 Å². The van der Waals surface area contributed by atoms with Crippen molar-refractivity contribution in [2.75, 3.05) is 19.8 Å². The molecule has 0 unspecified atom stereocenters. The number of hydrogen-bond donors (Lipinski definition) is 0. The van der Waals surface area contributed by atoms with E-state index in [0.29, 0.717) is 0 Å². The van der Waals surface area contributed by atoms with Gasteiger partial charge in [0, 0.05) is 13.2 Å². The summed E-state index contributed by atoms with van der Waals surface area (Å²) in [5.41, 5.74) is 0. The third kappa shape index (κ3) is 13.9. The van der Waals surface area contributed by atoms with Crippen molar-refractivity contribution in [2.24, 2.45) is 0 Å².